The van der Waals surface area contributed by atoms with Crippen molar-refractivity contribution in [2.75, 3.05) is 13.2 Å². The molecule has 0 aromatic rings. The lowest BCUT2D eigenvalue weighted by atomic mass is 10.1. The first-order valence-electron chi connectivity index (χ1n) is 4.15. The van der Waals surface area contributed by atoms with Crippen molar-refractivity contribution in [1.29, 1.82) is 0 Å². The summed E-state index contributed by atoms with van der Waals surface area (Å²) in [7, 11) is 0. The molecule has 2 N–H and O–H groups in total. The van der Waals surface area contributed by atoms with E-state index in [1.54, 1.807) is 6.92 Å². The fourth-order valence-corrected chi connectivity index (χ4v) is 0.841. The molecule has 0 radical (unpaired) electrons. The first kappa shape index (κ1) is 11.4. The van der Waals surface area contributed by atoms with Crippen molar-refractivity contribution in [3.8, 4) is 0 Å². The summed E-state index contributed by atoms with van der Waals surface area (Å²) in [6, 6.07) is 0. The second kappa shape index (κ2) is 7.06. The van der Waals surface area contributed by atoms with Crippen molar-refractivity contribution in [1.82, 2.24) is 0 Å². The van der Waals surface area contributed by atoms with Crippen LogP contribution >= 0.6 is 0 Å². The average Bonchev–Trinajstić information content (AvgIpc) is 2.01. The molecule has 0 saturated carbocycles. The summed E-state index contributed by atoms with van der Waals surface area (Å²) in [6.45, 7) is 2.10. The van der Waals surface area contributed by atoms with Gasteiger partial charge in [-0.2, -0.15) is 0 Å². The van der Waals surface area contributed by atoms with Crippen molar-refractivity contribution in [3.63, 3.8) is 0 Å². The summed E-state index contributed by atoms with van der Waals surface area (Å²) < 4.78 is 4.63. The van der Waals surface area contributed by atoms with Crippen LogP contribution in [0.2, 0.25) is 0 Å². The SMILES string of the molecule is CCOC(=O)CC(O)CCCO. The highest BCUT2D eigenvalue weighted by molar-refractivity contribution is 5.69. The largest absolute Gasteiger partial charge is 0.466 e. The van der Waals surface area contributed by atoms with Crippen molar-refractivity contribution in [2.24, 2.45) is 0 Å². The van der Waals surface area contributed by atoms with E-state index in [4.69, 9.17) is 10.2 Å². The molecule has 0 heterocycles. The van der Waals surface area contributed by atoms with Crippen LogP contribution in [-0.4, -0.2) is 35.5 Å². The van der Waals surface area contributed by atoms with Crippen molar-refractivity contribution < 1.29 is 19.7 Å². The van der Waals surface area contributed by atoms with E-state index in [2.05, 4.69) is 4.74 Å². The van der Waals surface area contributed by atoms with Crippen molar-refractivity contribution >= 4 is 5.97 Å². The third-order valence-corrected chi connectivity index (χ3v) is 1.40. The Hall–Kier alpha value is -0.610. The minimum absolute atomic E-state index is 0.0217. The van der Waals surface area contributed by atoms with Crippen LogP contribution < -0.4 is 0 Å². The van der Waals surface area contributed by atoms with E-state index in [-0.39, 0.29) is 19.0 Å². The average molecular weight is 176 g/mol. The Labute approximate surface area is 72.2 Å². The summed E-state index contributed by atoms with van der Waals surface area (Å²) in [5, 5.41) is 17.6. The smallest absolute Gasteiger partial charge is 0.308 e. The van der Waals surface area contributed by atoms with Gasteiger partial charge in [0.25, 0.3) is 0 Å². The summed E-state index contributed by atoms with van der Waals surface area (Å²) in [4.78, 5) is 10.8. The quantitative estimate of drug-likeness (QED) is 0.562. The van der Waals surface area contributed by atoms with E-state index in [9.17, 15) is 4.79 Å². The summed E-state index contributed by atoms with van der Waals surface area (Å²) in [6.07, 6.45) is 0.292. The van der Waals surface area contributed by atoms with Gasteiger partial charge in [-0.1, -0.05) is 0 Å². The number of ether oxygens (including phenoxy) is 1. The van der Waals surface area contributed by atoms with Gasteiger partial charge < -0.3 is 14.9 Å². The number of aliphatic hydroxyl groups is 2. The maximum atomic E-state index is 10.8. The number of rotatable bonds is 6. The number of esters is 1. The molecule has 0 fully saturated rings. The second-order valence-electron chi connectivity index (χ2n) is 2.53. The molecule has 0 rings (SSSR count). The van der Waals surface area contributed by atoms with E-state index >= 15 is 0 Å². The second-order valence-corrected chi connectivity index (χ2v) is 2.53. The maximum absolute atomic E-state index is 10.8. The van der Waals surface area contributed by atoms with E-state index in [0.717, 1.165) is 0 Å². The van der Waals surface area contributed by atoms with E-state index in [1.165, 1.54) is 0 Å². The van der Waals surface area contributed by atoms with Crippen LogP contribution in [0.25, 0.3) is 0 Å². The van der Waals surface area contributed by atoms with Crippen LogP contribution in [0.15, 0.2) is 0 Å². The normalized spacial score (nSPS) is 12.6. The fraction of sp³-hybridized carbons (Fsp3) is 0.875. The van der Waals surface area contributed by atoms with Crippen LogP contribution in [0.5, 0.6) is 0 Å². The van der Waals surface area contributed by atoms with Crippen LogP contribution in [-0.2, 0) is 9.53 Å². The van der Waals surface area contributed by atoms with Gasteiger partial charge in [0.2, 0.25) is 0 Å². The molecule has 0 aliphatic rings. The van der Waals surface area contributed by atoms with Crippen LogP contribution in [0, 0.1) is 0 Å². The van der Waals surface area contributed by atoms with Gasteiger partial charge in [0, 0.05) is 6.61 Å². The lowest BCUT2D eigenvalue weighted by Crippen LogP contribution is -2.15. The highest BCUT2D eigenvalue weighted by Gasteiger charge is 2.10. The van der Waals surface area contributed by atoms with Crippen LogP contribution in [0.3, 0.4) is 0 Å². The Morgan fingerprint density at radius 1 is 1.58 bits per heavy atom. The molecular weight excluding hydrogens is 160 g/mol. The highest BCUT2D eigenvalue weighted by atomic mass is 16.5. The minimum Gasteiger partial charge on any atom is -0.466 e. The molecule has 4 nitrogen and oxygen atoms in total. The summed E-state index contributed by atoms with van der Waals surface area (Å²) in [5.74, 6) is -0.386. The molecule has 0 saturated heterocycles. The molecule has 1 unspecified atom stereocenters. The summed E-state index contributed by atoms with van der Waals surface area (Å²) >= 11 is 0. The van der Waals surface area contributed by atoms with E-state index < -0.39 is 6.10 Å². The van der Waals surface area contributed by atoms with Crippen molar-refractivity contribution in [3.05, 3.63) is 0 Å². The number of aliphatic hydroxyl groups excluding tert-OH is 2. The molecule has 0 aliphatic heterocycles. The van der Waals surface area contributed by atoms with Gasteiger partial charge in [-0.3, -0.25) is 4.79 Å². The predicted molar refractivity (Wildman–Crippen MR) is 43.6 cm³/mol. The van der Waals surface area contributed by atoms with E-state index in [0.29, 0.717) is 19.4 Å². The molecule has 12 heavy (non-hydrogen) atoms. The van der Waals surface area contributed by atoms with Gasteiger partial charge in [0.1, 0.15) is 0 Å². The first-order chi connectivity index (χ1) is 5.70. The third-order valence-electron chi connectivity index (χ3n) is 1.40. The Bertz CT molecular complexity index is 124. The lowest BCUT2D eigenvalue weighted by molar-refractivity contribution is -0.145. The van der Waals surface area contributed by atoms with E-state index in [1.807, 2.05) is 0 Å². The molecule has 1 atom stereocenters. The predicted octanol–water partition coefficient (Wildman–Crippen LogP) is 0.0730. The molecule has 0 bridgehead atoms. The summed E-state index contributed by atoms with van der Waals surface area (Å²) in [5.41, 5.74) is 0. The molecule has 0 spiro atoms. The van der Waals surface area contributed by atoms with Gasteiger partial charge in [0.05, 0.1) is 19.1 Å². The molecule has 0 amide bonds. The molecular formula is C8H16O4. The standard InChI is InChI=1S/C8H16O4/c1-2-12-8(11)6-7(10)4-3-5-9/h7,9-10H,2-6H2,1H3. The van der Waals surface area contributed by atoms with Crippen LogP contribution in [0.4, 0.5) is 0 Å². The monoisotopic (exact) mass is 176 g/mol. The van der Waals surface area contributed by atoms with Gasteiger partial charge in [0.15, 0.2) is 0 Å². The zero-order valence-electron chi connectivity index (χ0n) is 7.32. The molecule has 4 heteroatoms. The van der Waals surface area contributed by atoms with Gasteiger partial charge in [-0.25, -0.2) is 0 Å². The Balaban J connectivity index is 3.40. The molecule has 0 aromatic heterocycles. The Kier molecular flexibility index (Phi) is 6.70. The Morgan fingerprint density at radius 2 is 2.25 bits per heavy atom. The molecule has 0 aromatic carbocycles. The number of carbonyl (C=O) groups is 1. The number of hydrogen-bond donors (Lipinski definition) is 2. The topological polar surface area (TPSA) is 66.8 Å². The third kappa shape index (κ3) is 6.12. The molecule has 0 aliphatic carbocycles. The first-order valence-corrected chi connectivity index (χ1v) is 4.15. The van der Waals surface area contributed by atoms with Crippen molar-refractivity contribution in [2.45, 2.75) is 32.3 Å². The van der Waals surface area contributed by atoms with Gasteiger partial charge >= 0.3 is 5.97 Å². The highest BCUT2D eigenvalue weighted by Crippen LogP contribution is 2.02. The van der Waals surface area contributed by atoms with Gasteiger partial charge in [-0.05, 0) is 19.8 Å². The number of carbonyl (C=O) groups excluding carboxylic acids is 1. The minimum atomic E-state index is -0.684. The zero-order valence-corrected chi connectivity index (χ0v) is 7.32. The fourth-order valence-electron chi connectivity index (χ4n) is 0.841. The zero-order chi connectivity index (χ0) is 9.40. The number of hydrogen-bond acceptors (Lipinski definition) is 4. The Morgan fingerprint density at radius 3 is 2.75 bits per heavy atom. The maximum Gasteiger partial charge on any atom is 0.308 e. The van der Waals surface area contributed by atoms with Crippen LogP contribution in [0.1, 0.15) is 26.2 Å². The lowest BCUT2D eigenvalue weighted by Gasteiger charge is -2.07. The molecule has 72 valence electrons. The van der Waals surface area contributed by atoms with Gasteiger partial charge in [-0.15, -0.1) is 0 Å².